The lowest BCUT2D eigenvalue weighted by Crippen LogP contribution is -2.55. The Kier molecular flexibility index (Phi) is 7.42. The van der Waals surface area contributed by atoms with Crippen molar-refractivity contribution in [1.29, 1.82) is 0 Å². The number of alkyl halides is 2. The molecule has 1 aliphatic heterocycles. The quantitative estimate of drug-likeness (QED) is 0.716. The van der Waals surface area contributed by atoms with E-state index in [2.05, 4.69) is 10.0 Å². The molecule has 5 nitrogen and oxygen atoms in total. The van der Waals surface area contributed by atoms with Crippen LogP contribution in [0.5, 0.6) is 0 Å². The third-order valence-corrected chi connectivity index (χ3v) is 6.54. The molecule has 1 aromatic carbocycles. The molecule has 0 spiro atoms. The average molecular weight is 417 g/mol. The normalized spacial score (nSPS) is 29.1. The molecule has 2 atom stereocenters. The first-order valence-electron chi connectivity index (χ1n) is 10.0. The molecule has 2 N–H and O–H groups in total. The van der Waals surface area contributed by atoms with Crippen molar-refractivity contribution in [2.24, 2.45) is 0 Å². The SMILES string of the molecule is CS(=O)(=O)N[C@H]1CCCN[C@H]1COC1CCC(c2ccccc2C(F)F)CC1. The first-order chi connectivity index (χ1) is 13.3. The van der Waals surface area contributed by atoms with E-state index in [-0.39, 0.29) is 29.7 Å². The molecule has 1 saturated heterocycles. The molecule has 28 heavy (non-hydrogen) atoms. The predicted octanol–water partition coefficient (Wildman–Crippen LogP) is 3.34. The second kappa shape index (κ2) is 9.61. The number of ether oxygens (including phenoxy) is 1. The van der Waals surface area contributed by atoms with Gasteiger partial charge < -0.3 is 10.1 Å². The molecule has 158 valence electrons. The third kappa shape index (κ3) is 5.95. The van der Waals surface area contributed by atoms with Crippen LogP contribution >= 0.6 is 0 Å². The van der Waals surface area contributed by atoms with Crippen molar-refractivity contribution in [2.45, 2.75) is 69.1 Å². The van der Waals surface area contributed by atoms with Gasteiger partial charge in [0.05, 0.1) is 19.0 Å². The predicted molar refractivity (Wildman–Crippen MR) is 105 cm³/mol. The van der Waals surface area contributed by atoms with Crippen LogP contribution in [0.3, 0.4) is 0 Å². The van der Waals surface area contributed by atoms with Gasteiger partial charge in [0.1, 0.15) is 0 Å². The minimum Gasteiger partial charge on any atom is -0.377 e. The van der Waals surface area contributed by atoms with E-state index in [0.29, 0.717) is 6.61 Å². The highest BCUT2D eigenvalue weighted by molar-refractivity contribution is 7.88. The van der Waals surface area contributed by atoms with Crippen LogP contribution in [0.1, 0.15) is 62.0 Å². The summed E-state index contributed by atoms with van der Waals surface area (Å²) in [5.74, 6) is 0.150. The van der Waals surface area contributed by atoms with Gasteiger partial charge in [-0.3, -0.25) is 0 Å². The Labute approximate surface area is 166 Å². The van der Waals surface area contributed by atoms with Crippen LogP contribution in [-0.4, -0.2) is 46.0 Å². The number of hydrogen-bond acceptors (Lipinski definition) is 4. The van der Waals surface area contributed by atoms with Gasteiger partial charge in [0.25, 0.3) is 6.43 Å². The number of halogens is 2. The summed E-state index contributed by atoms with van der Waals surface area (Å²) < 4.78 is 58.4. The minimum atomic E-state index is -3.26. The Balaban J connectivity index is 1.50. The zero-order valence-electron chi connectivity index (χ0n) is 16.2. The van der Waals surface area contributed by atoms with E-state index in [4.69, 9.17) is 4.74 Å². The van der Waals surface area contributed by atoms with E-state index in [1.54, 1.807) is 6.07 Å². The summed E-state index contributed by atoms with van der Waals surface area (Å²) in [4.78, 5) is 0. The highest BCUT2D eigenvalue weighted by Gasteiger charge is 2.30. The zero-order chi connectivity index (χ0) is 20.1. The monoisotopic (exact) mass is 416 g/mol. The number of sulfonamides is 1. The number of benzene rings is 1. The van der Waals surface area contributed by atoms with Crippen molar-refractivity contribution in [3.8, 4) is 0 Å². The molecule has 1 aliphatic carbocycles. The molecule has 8 heteroatoms. The fourth-order valence-corrected chi connectivity index (χ4v) is 5.24. The van der Waals surface area contributed by atoms with E-state index in [0.717, 1.165) is 50.6 Å². The fourth-order valence-electron chi connectivity index (χ4n) is 4.41. The van der Waals surface area contributed by atoms with Crippen molar-refractivity contribution in [2.75, 3.05) is 19.4 Å². The van der Waals surface area contributed by atoms with Crippen LogP contribution in [0, 0.1) is 0 Å². The Morgan fingerprint density at radius 2 is 1.89 bits per heavy atom. The summed E-state index contributed by atoms with van der Waals surface area (Å²) in [5.41, 5.74) is 0.912. The van der Waals surface area contributed by atoms with Crippen molar-refractivity contribution in [3.05, 3.63) is 35.4 Å². The van der Waals surface area contributed by atoms with Crippen LogP contribution in [-0.2, 0) is 14.8 Å². The van der Waals surface area contributed by atoms with Crippen LogP contribution < -0.4 is 10.0 Å². The maximum absolute atomic E-state index is 13.3. The van der Waals surface area contributed by atoms with Gasteiger partial charge in [0, 0.05) is 17.6 Å². The highest BCUT2D eigenvalue weighted by Crippen LogP contribution is 2.38. The van der Waals surface area contributed by atoms with Crippen molar-refractivity contribution < 1.29 is 21.9 Å². The second-order valence-electron chi connectivity index (χ2n) is 7.94. The topological polar surface area (TPSA) is 67.4 Å². The lowest BCUT2D eigenvalue weighted by molar-refractivity contribution is 0.00505. The van der Waals surface area contributed by atoms with Gasteiger partial charge in [-0.05, 0) is 56.6 Å². The standard InChI is InChI=1S/C20H30F2N2O3S/c1-28(25,26)24-18-7-4-12-23-19(18)13-27-15-10-8-14(9-11-15)16-5-2-3-6-17(16)20(21)22/h2-3,5-6,14-15,18-20,23-24H,4,7-13H2,1H3/t14?,15?,18-,19-/m0/s1. The van der Waals surface area contributed by atoms with Gasteiger partial charge in [-0.1, -0.05) is 24.3 Å². The molecule has 1 heterocycles. The Hall–Kier alpha value is -1.09. The number of nitrogens with one attached hydrogen (secondary N) is 2. The van der Waals surface area contributed by atoms with Gasteiger partial charge in [-0.25, -0.2) is 21.9 Å². The summed E-state index contributed by atoms with van der Waals surface area (Å²) >= 11 is 0. The van der Waals surface area contributed by atoms with Crippen LogP contribution in [0.2, 0.25) is 0 Å². The molecule has 2 fully saturated rings. The van der Waals surface area contributed by atoms with E-state index in [1.807, 2.05) is 12.1 Å². The zero-order valence-corrected chi connectivity index (χ0v) is 17.1. The van der Waals surface area contributed by atoms with Gasteiger partial charge in [-0.15, -0.1) is 0 Å². The Morgan fingerprint density at radius 1 is 1.18 bits per heavy atom. The maximum atomic E-state index is 13.3. The van der Waals surface area contributed by atoms with Crippen molar-refractivity contribution in [1.82, 2.24) is 10.0 Å². The van der Waals surface area contributed by atoms with E-state index >= 15 is 0 Å². The van der Waals surface area contributed by atoms with Crippen molar-refractivity contribution in [3.63, 3.8) is 0 Å². The lowest BCUT2D eigenvalue weighted by Gasteiger charge is -2.35. The first kappa shape index (κ1) is 21.6. The van der Waals surface area contributed by atoms with Gasteiger partial charge in [-0.2, -0.15) is 0 Å². The summed E-state index contributed by atoms with van der Waals surface area (Å²) in [6.45, 7) is 1.31. The molecule has 0 radical (unpaired) electrons. The van der Waals surface area contributed by atoms with Crippen LogP contribution in [0.15, 0.2) is 24.3 Å². The van der Waals surface area contributed by atoms with Gasteiger partial charge >= 0.3 is 0 Å². The molecular formula is C20H30F2N2O3S. The molecule has 0 aromatic heterocycles. The second-order valence-corrected chi connectivity index (χ2v) is 9.72. The Morgan fingerprint density at radius 3 is 2.57 bits per heavy atom. The summed E-state index contributed by atoms with van der Waals surface area (Å²) in [5, 5.41) is 3.35. The summed E-state index contributed by atoms with van der Waals surface area (Å²) in [6.07, 6.45) is 3.88. The fraction of sp³-hybridized carbons (Fsp3) is 0.700. The van der Waals surface area contributed by atoms with Gasteiger partial charge in [0.15, 0.2) is 0 Å². The molecule has 1 aromatic rings. The molecule has 3 rings (SSSR count). The van der Waals surface area contributed by atoms with E-state index in [9.17, 15) is 17.2 Å². The number of piperidine rings is 1. The van der Waals surface area contributed by atoms with Crippen LogP contribution in [0.25, 0.3) is 0 Å². The minimum absolute atomic E-state index is 0.0410. The summed E-state index contributed by atoms with van der Waals surface area (Å²) in [6, 6.07) is 6.64. The molecule has 0 bridgehead atoms. The smallest absolute Gasteiger partial charge is 0.264 e. The maximum Gasteiger partial charge on any atom is 0.264 e. The molecule has 0 amide bonds. The highest BCUT2D eigenvalue weighted by atomic mass is 32.2. The molecule has 2 aliphatic rings. The van der Waals surface area contributed by atoms with E-state index < -0.39 is 16.4 Å². The number of hydrogen-bond donors (Lipinski definition) is 2. The van der Waals surface area contributed by atoms with Gasteiger partial charge in [0.2, 0.25) is 10.0 Å². The molecular weight excluding hydrogens is 386 g/mol. The number of rotatable bonds is 7. The molecule has 0 unspecified atom stereocenters. The largest absolute Gasteiger partial charge is 0.377 e. The molecule has 1 saturated carbocycles. The first-order valence-corrected chi connectivity index (χ1v) is 11.9. The van der Waals surface area contributed by atoms with Crippen molar-refractivity contribution >= 4 is 10.0 Å². The van der Waals surface area contributed by atoms with Crippen LogP contribution in [0.4, 0.5) is 8.78 Å². The van der Waals surface area contributed by atoms with E-state index in [1.165, 1.54) is 12.3 Å². The summed E-state index contributed by atoms with van der Waals surface area (Å²) in [7, 11) is -3.26. The third-order valence-electron chi connectivity index (χ3n) is 5.81. The average Bonchev–Trinajstić information content (AvgIpc) is 2.66. The lowest BCUT2D eigenvalue weighted by atomic mass is 9.81. The Bertz CT molecular complexity index is 737.